The number of halogens is 1. The number of benzene rings is 2. The van der Waals surface area contributed by atoms with E-state index in [1.807, 2.05) is 6.26 Å². The third-order valence-corrected chi connectivity index (χ3v) is 5.46. The number of hydrogen-bond donors (Lipinski definition) is 1. The monoisotopic (exact) mass is 371 g/mol. The van der Waals surface area contributed by atoms with Gasteiger partial charge in [-0.15, -0.1) is 11.8 Å². The average molecular weight is 372 g/mol. The summed E-state index contributed by atoms with van der Waals surface area (Å²) in [6.45, 7) is 0. The van der Waals surface area contributed by atoms with E-state index in [0.29, 0.717) is 0 Å². The van der Waals surface area contributed by atoms with Crippen molar-refractivity contribution in [2.75, 3.05) is 18.1 Å². The summed E-state index contributed by atoms with van der Waals surface area (Å²) in [5.74, 6) is -0.577. The molecule has 2 aromatic rings. The zero-order valence-corrected chi connectivity index (χ0v) is 14.8. The zero-order chi connectivity index (χ0) is 17.0. The number of esters is 1. The molecule has 0 aromatic heterocycles. The quantitative estimate of drug-likeness (QED) is 0.641. The van der Waals surface area contributed by atoms with Gasteiger partial charge < -0.3 is 4.74 Å². The van der Waals surface area contributed by atoms with E-state index in [1.165, 1.54) is 49.2 Å². The number of hydrogen-bond acceptors (Lipinski definition) is 5. The molecule has 0 fully saturated rings. The van der Waals surface area contributed by atoms with E-state index in [9.17, 15) is 13.2 Å². The number of rotatable bonds is 5. The van der Waals surface area contributed by atoms with Crippen molar-refractivity contribution in [2.45, 2.75) is 9.79 Å². The molecule has 0 aliphatic heterocycles. The minimum Gasteiger partial charge on any atom is -0.465 e. The van der Waals surface area contributed by atoms with Crippen molar-refractivity contribution in [2.24, 2.45) is 0 Å². The van der Waals surface area contributed by atoms with Crippen LogP contribution in [0.4, 0.5) is 5.69 Å². The maximum absolute atomic E-state index is 12.4. The Morgan fingerprint density at radius 1 is 1.17 bits per heavy atom. The molecule has 5 nitrogen and oxygen atoms in total. The number of carbonyl (C=O) groups excluding carboxylic acids is 1. The molecule has 0 unspecified atom stereocenters. The molecule has 0 amide bonds. The number of ether oxygens (including phenoxy) is 1. The molecular weight excluding hydrogens is 358 g/mol. The standard InChI is InChI=1S/C15H14ClNO4S2/c1-21-15(18)10-3-8-13(16)14(9-10)17-23(19,20)12-6-4-11(22-2)5-7-12/h3-9,17H,1-2H3. The van der Waals surface area contributed by atoms with Crippen LogP contribution in [-0.4, -0.2) is 27.8 Å². The number of nitrogens with one attached hydrogen (secondary N) is 1. The lowest BCUT2D eigenvalue weighted by Gasteiger charge is -2.11. The molecule has 0 heterocycles. The molecule has 0 atom stereocenters. The average Bonchev–Trinajstić information content (AvgIpc) is 2.56. The van der Waals surface area contributed by atoms with Gasteiger partial charge in [-0.3, -0.25) is 4.72 Å². The zero-order valence-electron chi connectivity index (χ0n) is 12.4. The molecule has 2 rings (SSSR count). The highest BCUT2D eigenvalue weighted by atomic mass is 35.5. The van der Waals surface area contributed by atoms with E-state index >= 15 is 0 Å². The summed E-state index contributed by atoms with van der Waals surface area (Å²) in [7, 11) is -2.56. The van der Waals surface area contributed by atoms with Gasteiger partial charge in [-0.2, -0.15) is 0 Å². The van der Waals surface area contributed by atoms with Crippen LogP contribution in [0.15, 0.2) is 52.3 Å². The van der Waals surface area contributed by atoms with Gasteiger partial charge in [0.25, 0.3) is 10.0 Å². The maximum atomic E-state index is 12.4. The van der Waals surface area contributed by atoms with Gasteiger partial charge in [-0.1, -0.05) is 11.6 Å². The lowest BCUT2D eigenvalue weighted by atomic mass is 10.2. The second-order valence-corrected chi connectivity index (χ2v) is 7.44. The normalized spacial score (nSPS) is 11.1. The predicted molar refractivity (Wildman–Crippen MR) is 91.8 cm³/mol. The van der Waals surface area contributed by atoms with E-state index in [-0.39, 0.29) is 21.2 Å². The Kier molecular flexibility index (Phi) is 5.56. The van der Waals surface area contributed by atoms with Crippen molar-refractivity contribution in [1.82, 2.24) is 0 Å². The summed E-state index contributed by atoms with van der Waals surface area (Å²) >= 11 is 7.52. The largest absolute Gasteiger partial charge is 0.465 e. The van der Waals surface area contributed by atoms with Crippen molar-refractivity contribution in [1.29, 1.82) is 0 Å². The van der Waals surface area contributed by atoms with Crippen LogP contribution >= 0.6 is 23.4 Å². The fourth-order valence-corrected chi connectivity index (χ4v) is 3.51. The Hall–Kier alpha value is -1.70. The molecular formula is C15H14ClNO4S2. The molecule has 1 N–H and O–H groups in total. The van der Waals surface area contributed by atoms with Crippen LogP contribution in [0, 0.1) is 0 Å². The molecule has 0 saturated carbocycles. The molecule has 8 heteroatoms. The summed E-state index contributed by atoms with van der Waals surface area (Å²) < 4.78 is 31.8. The van der Waals surface area contributed by atoms with Gasteiger partial charge in [-0.05, 0) is 48.7 Å². The number of thioether (sulfide) groups is 1. The first kappa shape index (κ1) is 17.7. The van der Waals surface area contributed by atoms with E-state index in [4.69, 9.17) is 11.6 Å². The minimum atomic E-state index is -3.81. The summed E-state index contributed by atoms with van der Waals surface area (Å²) in [6.07, 6.45) is 1.90. The lowest BCUT2D eigenvalue weighted by Crippen LogP contribution is -2.14. The van der Waals surface area contributed by atoms with Crippen molar-refractivity contribution < 1.29 is 17.9 Å². The van der Waals surface area contributed by atoms with Crippen molar-refractivity contribution in [3.8, 4) is 0 Å². The van der Waals surface area contributed by atoms with Gasteiger partial charge in [0.15, 0.2) is 0 Å². The van der Waals surface area contributed by atoms with Crippen LogP contribution in [0.1, 0.15) is 10.4 Å². The SMILES string of the molecule is COC(=O)c1ccc(Cl)c(NS(=O)(=O)c2ccc(SC)cc2)c1. The molecule has 0 saturated heterocycles. The van der Waals surface area contributed by atoms with Crippen LogP contribution in [0.5, 0.6) is 0 Å². The molecule has 0 spiro atoms. The highest BCUT2D eigenvalue weighted by Gasteiger charge is 2.17. The second kappa shape index (κ2) is 7.25. The van der Waals surface area contributed by atoms with Crippen LogP contribution < -0.4 is 4.72 Å². The van der Waals surface area contributed by atoms with Gasteiger partial charge >= 0.3 is 5.97 Å². The molecule has 23 heavy (non-hydrogen) atoms. The van der Waals surface area contributed by atoms with E-state index in [1.54, 1.807) is 12.1 Å². The smallest absolute Gasteiger partial charge is 0.337 e. The van der Waals surface area contributed by atoms with Crippen LogP contribution in [0.25, 0.3) is 0 Å². The minimum absolute atomic E-state index is 0.106. The topological polar surface area (TPSA) is 72.5 Å². The Balaban J connectivity index is 2.34. The van der Waals surface area contributed by atoms with Crippen molar-refractivity contribution >= 4 is 45.0 Å². The Bertz CT molecular complexity index is 820. The first-order valence-corrected chi connectivity index (χ1v) is 9.50. The lowest BCUT2D eigenvalue weighted by molar-refractivity contribution is 0.0601. The van der Waals surface area contributed by atoms with E-state index in [2.05, 4.69) is 9.46 Å². The Morgan fingerprint density at radius 3 is 2.39 bits per heavy atom. The highest BCUT2D eigenvalue weighted by Crippen LogP contribution is 2.27. The number of sulfonamides is 1. The number of anilines is 1. The molecule has 0 radical (unpaired) electrons. The summed E-state index contributed by atoms with van der Waals surface area (Å²) in [4.78, 5) is 12.6. The van der Waals surface area contributed by atoms with Crippen LogP contribution in [0.2, 0.25) is 5.02 Å². The predicted octanol–water partition coefficient (Wildman–Crippen LogP) is 3.65. The summed E-state index contributed by atoms with van der Waals surface area (Å²) in [5, 5.41) is 0.182. The molecule has 0 bridgehead atoms. The highest BCUT2D eigenvalue weighted by molar-refractivity contribution is 7.98. The first-order chi connectivity index (χ1) is 10.9. The van der Waals surface area contributed by atoms with Gasteiger partial charge in [0.2, 0.25) is 0 Å². The van der Waals surface area contributed by atoms with Gasteiger partial charge in [-0.25, -0.2) is 13.2 Å². The third kappa shape index (κ3) is 4.19. The Morgan fingerprint density at radius 2 is 1.83 bits per heavy atom. The maximum Gasteiger partial charge on any atom is 0.337 e. The van der Waals surface area contributed by atoms with E-state index < -0.39 is 16.0 Å². The number of methoxy groups -OCH3 is 1. The molecule has 2 aromatic carbocycles. The van der Waals surface area contributed by atoms with Gasteiger partial charge in [0, 0.05) is 4.90 Å². The van der Waals surface area contributed by atoms with Gasteiger partial charge in [0.1, 0.15) is 0 Å². The second-order valence-electron chi connectivity index (χ2n) is 4.47. The third-order valence-electron chi connectivity index (χ3n) is 3.00. The van der Waals surface area contributed by atoms with Crippen LogP contribution in [0.3, 0.4) is 0 Å². The Labute approximate surface area is 144 Å². The fraction of sp³-hybridized carbons (Fsp3) is 0.133. The molecule has 122 valence electrons. The van der Waals surface area contributed by atoms with E-state index in [0.717, 1.165) is 4.90 Å². The number of carbonyl (C=O) groups is 1. The van der Waals surface area contributed by atoms with Crippen molar-refractivity contribution in [3.63, 3.8) is 0 Å². The summed E-state index contributed by atoms with van der Waals surface area (Å²) in [5.41, 5.74) is 0.316. The van der Waals surface area contributed by atoms with Crippen molar-refractivity contribution in [3.05, 3.63) is 53.1 Å². The fourth-order valence-electron chi connectivity index (χ4n) is 1.81. The van der Waals surface area contributed by atoms with Crippen LogP contribution in [-0.2, 0) is 14.8 Å². The summed E-state index contributed by atoms with van der Waals surface area (Å²) in [6, 6.07) is 10.7. The molecule has 0 aliphatic carbocycles. The van der Waals surface area contributed by atoms with Gasteiger partial charge in [0.05, 0.1) is 28.3 Å². The first-order valence-electron chi connectivity index (χ1n) is 6.42. The molecule has 0 aliphatic rings.